The van der Waals surface area contributed by atoms with Gasteiger partial charge in [-0.25, -0.2) is 0 Å². The van der Waals surface area contributed by atoms with E-state index in [0.29, 0.717) is 18.4 Å². The summed E-state index contributed by atoms with van der Waals surface area (Å²) >= 11 is 0. The minimum atomic E-state index is -1.43. The number of carbonyl (C=O) groups excluding carboxylic acids is 8. The molecule has 12 N–H and O–H groups in total. The van der Waals surface area contributed by atoms with Crippen LogP contribution in [-0.2, 0) is 44.8 Å². The highest BCUT2D eigenvalue weighted by Gasteiger charge is 2.40. The maximum atomic E-state index is 14.2. The number of aliphatic imine (C=N–C) groups is 1. The second-order valence-electron chi connectivity index (χ2n) is 15.7. The van der Waals surface area contributed by atoms with Crippen LogP contribution in [0.15, 0.2) is 35.3 Å². The number of nitrogens with one attached hydrogen (secondary N) is 6. The van der Waals surface area contributed by atoms with Gasteiger partial charge in [-0.15, -0.1) is 0 Å². The summed E-state index contributed by atoms with van der Waals surface area (Å²) in [5.41, 5.74) is 11.4. The average Bonchev–Trinajstić information content (AvgIpc) is 3.71. The normalized spacial score (nSPS) is 23.9. The molecule has 1 aromatic carbocycles. The largest absolute Gasteiger partial charge is 0.504 e. The Hall–Kier alpha value is -6.21. The van der Waals surface area contributed by atoms with Gasteiger partial charge in [0.25, 0.3) is 5.91 Å². The molecule has 0 aliphatic carbocycles. The molecule has 0 saturated carbocycles. The van der Waals surface area contributed by atoms with Crippen LogP contribution in [0.5, 0.6) is 11.5 Å². The molecule has 0 bridgehead atoms. The third-order valence-corrected chi connectivity index (χ3v) is 10.8. The number of Topliss-reactive ketones (excluding diaryl/α,β-unsaturated/α-hetero) is 1. The van der Waals surface area contributed by atoms with Crippen LogP contribution >= 0.6 is 0 Å². The van der Waals surface area contributed by atoms with Gasteiger partial charge < -0.3 is 58.5 Å². The zero-order valence-corrected chi connectivity index (χ0v) is 35.5. The summed E-state index contributed by atoms with van der Waals surface area (Å²) in [6, 6.07) is -3.25. The lowest BCUT2D eigenvalue weighted by Gasteiger charge is -2.30. The Morgan fingerprint density at radius 2 is 1.69 bits per heavy atom. The minimum Gasteiger partial charge on any atom is -0.504 e. The fourth-order valence-electron chi connectivity index (χ4n) is 6.79. The van der Waals surface area contributed by atoms with Gasteiger partial charge in [0.05, 0.1) is 12.1 Å². The highest BCUT2D eigenvalue weighted by Crippen LogP contribution is 2.26. The van der Waals surface area contributed by atoms with E-state index in [2.05, 4.69) is 36.9 Å². The molecule has 7 amide bonds. The number of ketones is 1. The van der Waals surface area contributed by atoms with E-state index in [0.717, 1.165) is 12.5 Å². The molecule has 2 heterocycles. The van der Waals surface area contributed by atoms with Crippen molar-refractivity contribution in [2.75, 3.05) is 19.6 Å². The molecule has 1 saturated heterocycles. The number of guanidine groups is 1. The summed E-state index contributed by atoms with van der Waals surface area (Å²) in [6.45, 7) is 8.44. The van der Waals surface area contributed by atoms with Gasteiger partial charge >= 0.3 is 0 Å². The summed E-state index contributed by atoms with van der Waals surface area (Å²) < 4.78 is 0. The van der Waals surface area contributed by atoms with Gasteiger partial charge in [-0.1, -0.05) is 52.7 Å². The first-order chi connectivity index (χ1) is 28.8. The van der Waals surface area contributed by atoms with E-state index in [1.807, 2.05) is 13.8 Å². The number of phenolic OH excluding ortho intramolecular Hbond substituents is 2. The molecule has 336 valence electrons. The van der Waals surface area contributed by atoms with Crippen molar-refractivity contribution in [3.63, 3.8) is 0 Å². The maximum Gasteiger partial charge on any atom is 0.290 e. The predicted molar refractivity (Wildman–Crippen MR) is 224 cm³/mol. The summed E-state index contributed by atoms with van der Waals surface area (Å²) in [4.78, 5) is 114. The molecule has 1 fully saturated rings. The molecule has 61 heavy (non-hydrogen) atoms. The van der Waals surface area contributed by atoms with Gasteiger partial charge in [0.15, 0.2) is 17.5 Å². The number of amides is 7. The Morgan fingerprint density at radius 3 is 2.34 bits per heavy atom. The molecule has 8 atom stereocenters. The second-order valence-corrected chi connectivity index (χ2v) is 15.7. The third kappa shape index (κ3) is 15.1. The highest BCUT2D eigenvalue weighted by atomic mass is 16.3. The zero-order valence-electron chi connectivity index (χ0n) is 35.5. The van der Waals surface area contributed by atoms with Gasteiger partial charge in [0.1, 0.15) is 24.2 Å². The molecule has 0 spiro atoms. The fraction of sp³-hybridized carbons (Fsp3) is 0.585. The lowest BCUT2D eigenvalue weighted by Crippen LogP contribution is -2.60. The van der Waals surface area contributed by atoms with Crippen LogP contribution in [0.3, 0.4) is 0 Å². The van der Waals surface area contributed by atoms with Crippen molar-refractivity contribution < 1.29 is 48.6 Å². The van der Waals surface area contributed by atoms with Crippen molar-refractivity contribution in [3.05, 3.63) is 35.9 Å². The number of carbonyl (C=O) groups is 8. The maximum absolute atomic E-state index is 14.2. The summed E-state index contributed by atoms with van der Waals surface area (Å²) in [5, 5.41) is 35.8. The molecule has 2 aliphatic rings. The number of aromatic hydroxyl groups is 2. The average molecular weight is 855 g/mol. The number of hydrogen-bond donors (Lipinski definition) is 10. The molecule has 20 nitrogen and oxygen atoms in total. The van der Waals surface area contributed by atoms with Crippen molar-refractivity contribution in [3.8, 4) is 11.5 Å². The molecule has 2 aliphatic heterocycles. The first-order valence-electron chi connectivity index (χ1n) is 20.7. The van der Waals surface area contributed by atoms with E-state index < -0.39 is 95.7 Å². The van der Waals surface area contributed by atoms with Gasteiger partial charge in [0.2, 0.25) is 41.2 Å². The quantitative estimate of drug-likeness (QED) is 0.0350. The summed E-state index contributed by atoms with van der Waals surface area (Å²) in [6.07, 6.45) is 4.37. The smallest absolute Gasteiger partial charge is 0.290 e. The lowest BCUT2D eigenvalue weighted by atomic mass is 9.96. The van der Waals surface area contributed by atoms with Crippen molar-refractivity contribution >= 4 is 53.1 Å². The Kier molecular flexibility index (Phi) is 19.0. The molecule has 20 heteroatoms. The summed E-state index contributed by atoms with van der Waals surface area (Å²) in [5.74, 6) is -7.68. The first kappa shape index (κ1) is 49.2. The number of rotatable bonds is 14. The Bertz CT molecular complexity index is 1830. The van der Waals surface area contributed by atoms with Gasteiger partial charge in [-0.3, -0.25) is 43.3 Å². The number of fused-ring (bicyclic) bond motifs is 1. The van der Waals surface area contributed by atoms with Gasteiger partial charge in [-0.05, 0) is 68.6 Å². The van der Waals surface area contributed by atoms with Crippen LogP contribution in [0.25, 0.3) is 0 Å². The number of nitrogens with two attached hydrogens (primary N) is 2. The van der Waals surface area contributed by atoms with E-state index in [9.17, 15) is 48.6 Å². The Morgan fingerprint density at radius 1 is 0.967 bits per heavy atom. The van der Waals surface area contributed by atoms with E-state index >= 15 is 0 Å². The number of nitrogens with zero attached hydrogens (tertiary/aromatic N) is 2. The Labute approximate surface area is 355 Å². The molecular weight excluding hydrogens is 793 g/mol. The van der Waals surface area contributed by atoms with Crippen LogP contribution in [0.4, 0.5) is 0 Å². The second kappa shape index (κ2) is 23.5. The SMILES string of the molecule is CCC(C)CC(=O)N[C@@H](C)C(=O)N[C@H]1CNC(=O)/C=C/[C@H](Cc2ccc(O)c(O)c2)NC(=O)[C@@H]([C@@H](C)CC)NC(=O)C(=O)[C@H](CCCN=C(N)N)NC(=O)[C@@H]2CCCN2C1=O. The van der Waals surface area contributed by atoms with Gasteiger partial charge in [-0.2, -0.15) is 0 Å². The zero-order chi connectivity index (χ0) is 45.4. The number of hydrogen-bond acceptors (Lipinski definition) is 11. The van der Waals surface area contributed by atoms with Crippen LogP contribution in [0, 0.1) is 11.8 Å². The standard InChI is InChI=1S/C41H62N10O10/c1-6-22(3)18-33(55)46-24(5)36(57)49-28-21-45-32(54)15-13-26(19-25-12-14-30(52)31(53)20-25)47-38(59)34(23(4)7-2)50-39(60)35(56)27(10-8-16-44-41(42)43)48-37(58)29-11-9-17-51(29)40(28)61/h12-15,20,22-24,26-29,34,52-53H,6-11,16-19,21H2,1-5H3,(H,45,54)(H,46,55)(H,47,59)(H,48,58)(H,49,57)(H,50,60)(H4,42,43,44)/b15-13+/t22?,23-,24-,26+,27-,28-,29-,34+/m0/s1. The third-order valence-electron chi connectivity index (χ3n) is 10.8. The minimum absolute atomic E-state index is 0.0124. The van der Waals surface area contributed by atoms with Crippen molar-refractivity contribution in [2.24, 2.45) is 28.3 Å². The lowest BCUT2D eigenvalue weighted by molar-refractivity contribution is -0.144. The van der Waals surface area contributed by atoms with E-state index in [1.54, 1.807) is 13.8 Å². The fourth-order valence-corrected chi connectivity index (χ4v) is 6.79. The number of phenols is 2. The molecule has 1 aromatic rings. The van der Waals surface area contributed by atoms with E-state index in [1.165, 1.54) is 36.1 Å². The van der Waals surface area contributed by atoms with Crippen LogP contribution in [-0.4, -0.2) is 124 Å². The highest BCUT2D eigenvalue weighted by molar-refractivity contribution is 6.38. The van der Waals surface area contributed by atoms with Crippen molar-refractivity contribution in [1.29, 1.82) is 0 Å². The van der Waals surface area contributed by atoms with Crippen molar-refractivity contribution in [2.45, 2.75) is 122 Å². The van der Waals surface area contributed by atoms with Crippen LogP contribution in [0.2, 0.25) is 0 Å². The molecule has 0 radical (unpaired) electrons. The molecule has 1 unspecified atom stereocenters. The van der Waals surface area contributed by atoms with E-state index in [4.69, 9.17) is 11.5 Å². The van der Waals surface area contributed by atoms with E-state index in [-0.39, 0.29) is 68.7 Å². The van der Waals surface area contributed by atoms with Crippen molar-refractivity contribution in [1.82, 2.24) is 36.8 Å². The van der Waals surface area contributed by atoms with Gasteiger partial charge in [0, 0.05) is 32.1 Å². The van der Waals surface area contributed by atoms with Crippen LogP contribution < -0.4 is 43.4 Å². The molecular formula is C41H62N10O10. The summed E-state index contributed by atoms with van der Waals surface area (Å²) in [7, 11) is 0. The molecule has 3 rings (SSSR count). The van der Waals surface area contributed by atoms with Crippen LogP contribution in [0.1, 0.15) is 85.1 Å². The first-order valence-corrected chi connectivity index (χ1v) is 20.7. The Balaban J connectivity index is 2.06. The topological polar surface area (TPSA) is 317 Å². The predicted octanol–water partition coefficient (Wildman–Crippen LogP) is -1.13. The molecule has 0 aromatic heterocycles. The monoisotopic (exact) mass is 854 g/mol. The number of benzene rings is 1.